The third-order valence-electron chi connectivity index (χ3n) is 5.38. The summed E-state index contributed by atoms with van der Waals surface area (Å²) in [7, 11) is 2.02. The number of nitrogens with zero attached hydrogens (tertiary/aromatic N) is 2. The van der Waals surface area contributed by atoms with Crippen LogP contribution in [0, 0.1) is 5.82 Å². The zero-order valence-corrected chi connectivity index (χ0v) is 18.2. The number of benzene rings is 2. The molecule has 0 saturated carbocycles. The van der Waals surface area contributed by atoms with Gasteiger partial charge in [0.05, 0.1) is 22.3 Å². The second-order valence-corrected chi connectivity index (χ2v) is 8.31. The Hall–Kier alpha value is -1.82. The van der Waals surface area contributed by atoms with E-state index in [-0.39, 0.29) is 24.1 Å². The summed E-state index contributed by atoms with van der Waals surface area (Å²) in [4.78, 5) is 17.2. The number of nitrogens with one attached hydrogen (secondary N) is 1. The number of hydrogen-bond acceptors (Lipinski definition) is 2. The summed E-state index contributed by atoms with van der Waals surface area (Å²) in [5, 5.41) is 3.93. The average Bonchev–Trinajstić information content (AvgIpc) is 2.69. The van der Waals surface area contributed by atoms with Crippen LogP contribution in [0.5, 0.6) is 0 Å². The summed E-state index contributed by atoms with van der Waals surface area (Å²) >= 11 is 12.4. The van der Waals surface area contributed by atoms with E-state index in [4.69, 9.17) is 23.2 Å². The molecule has 0 spiro atoms. The molecule has 2 aromatic rings. The van der Waals surface area contributed by atoms with Gasteiger partial charge in [0.15, 0.2) is 0 Å². The lowest BCUT2D eigenvalue weighted by molar-refractivity contribution is 0.0497. The fourth-order valence-electron chi connectivity index (χ4n) is 3.80. The first-order valence-electron chi connectivity index (χ1n) is 9.82. The number of rotatable bonds is 5. The highest BCUT2D eigenvalue weighted by Crippen LogP contribution is 2.30. The van der Waals surface area contributed by atoms with Crippen molar-refractivity contribution in [2.24, 2.45) is 0 Å². The van der Waals surface area contributed by atoms with Crippen molar-refractivity contribution in [1.29, 1.82) is 0 Å². The second-order valence-electron chi connectivity index (χ2n) is 7.53. The molecule has 156 valence electrons. The van der Waals surface area contributed by atoms with Gasteiger partial charge in [-0.3, -0.25) is 4.90 Å². The monoisotopic (exact) mass is 437 g/mol. The van der Waals surface area contributed by atoms with Gasteiger partial charge in [0, 0.05) is 6.54 Å². The number of likely N-dealkylation sites (tertiary alicyclic amines) is 1. The van der Waals surface area contributed by atoms with Crippen LogP contribution in [0.2, 0.25) is 10.0 Å². The van der Waals surface area contributed by atoms with Gasteiger partial charge in [0.1, 0.15) is 5.82 Å². The highest BCUT2D eigenvalue weighted by atomic mass is 35.5. The van der Waals surface area contributed by atoms with Crippen molar-refractivity contribution in [3.63, 3.8) is 0 Å². The molecule has 1 aliphatic rings. The summed E-state index contributed by atoms with van der Waals surface area (Å²) < 4.78 is 13.7. The SMILES string of the molecule is CC(NC(=O)N(Cc1cccc(F)c1)C1CCCCN1C)c1cccc(Cl)c1Cl. The molecule has 29 heavy (non-hydrogen) atoms. The van der Waals surface area contributed by atoms with Gasteiger partial charge in [-0.25, -0.2) is 9.18 Å². The maximum absolute atomic E-state index is 13.7. The van der Waals surface area contributed by atoms with Crippen molar-refractivity contribution in [2.45, 2.75) is 44.9 Å². The maximum atomic E-state index is 13.7. The Bertz CT molecular complexity index is 864. The van der Waals surface area contributed by atoms with Crippen LogP contribution in [0.15, 0.2) is 42.5 Å². The molecule has 0 radical (unpaired) electrons. The number of hydrogen-bond donors (Lipinski definition) is 1. The molecular formula is C22H26Cl2FN3O. The van der Waals surface area contributed by atoms with E-state index in [0.717, 1.165) is 36.9 Å². The van der Waals surface area contributed by atoms with Crippen LogP contribution in [0.4, 0.5) is 9.18 Å². The molecule has 7 heteroatoms. The van der Waals surface area contributed by atoms with Gasteiger partial charge in [0.2, 0.25) is 0 Å². The van der Waals surface area contributed by atoms with Gasteiger partial charge in [-0.15, -0.1) is 0 Å². The van der Waals surface area contributed by atoms with Crippen LogP contribution in [0.25, 0.3) is 0 Å². The Morgan fingerprint density at radius 2 is 2.03 bits per heavy atom. The van der Waals surface area contributed by atoms with E-state index in [2.05, 4.69) is 10.2 Å². The first-order chi connectivity index (χ1) is 13.9. The molecule has 3 rings (SSSR count). The van der Waals surface area contributed by atoms with Crippen LogP contribution in [0.1, 0.15) is 43.4 Å². The third-order valence-corrected chi connectivity index (χ3v) is 6.22. The van der Waals surface area contributed by atoms with Crippen LogP contribution < -0.4 is 5.32 Å². The predicted molar refractivity (Wildman–Crippen MR) is 116 cm³/mol. The summed E-state index contributed by atoms with van der Waals surface area (Å²) in [6.07, 6.45) is 2.99. The third kappa shape index (κ3) is 5.41. The van der Waals surface area contributed by atoms with Crippen molar-refractivity contribution < 1.29 is 9.18 Å². The van der Waals surface area contributed by atoms with E-state index in [1.54, 1.807) is 17.0 Å². The average molecular weight is 438 g/mol. The van der Waals surface area contributed by atoms with Crippen molar-refractivity contribution in [1.82, 2.24) is 15.1 Å². The number of carbonyl (C=O) groups is 1. The number of piperidine rings is 1. The van der Waals surface area contributed by atoms with Gasteiger partial charge in [0.25, 0.3) is 0 Å². The molecule has 0 aliphatic carbocycles. The van der Waals surface area contributed by atoms with Crippen molar-refractivity contribution >= 4 is 29.2 Å². The number of halogens is 3. The molecule has 2 atom stereocenters. The zero-order chi connectivity index (χ0) is 21.0. The van der Waals surface area contributed by atoms with Gasteiger partial charge >= 0.3 is 6.03 Å². The molecule has 0 bridgehead atoms. The summed E-state index contributed by atoms with van der Waals surface area (Å²) in [6.45, 7) is 3.13. The Balaban J connectivity index is 1.82. The largest absolute Gasteiger partial charge is 0.331 e. The number of amides is 2. The Labute approximate surface area is 181 Å². The predicted octanol–water partition coefficient (Wildman–Crippen LogP) is 5.85. The first-order valence-corrected chi connectivity index (χ1v) is 10.6. The standard InChI is InChI=1S/C22H26Cl2FN3O/c1-15(18-9-6-10-19(23)21(18)24)26-22(29)28(20-11-3-4-12-27(20)2)14-16-7-5-8-17(25)13-16/h5-10,13,15,20H,3-4,11-12,14H2,1-2H3,(H,26,29). The van der Waals surface area contributed by atoms with E-state index >= 15 is 0 Å². The second kappa shape index (κ2) is 9.79. The minimum Gasteiger partial charge on any atom is -0.331 e. The van der Waals surface area contributed by atoms with Crippen LogP contribution in [-0.4, -0.2) is 35.6 Å². The van der Waals surface area contributed by atoms with Gasteiger partial charge < -0.3 is 10.2 Å². The van der Waals surface area contributed by atoms with E-state index in [1.165, 1.54) is 12.1 Å². The molecular weight excluding hydrogens is 412 g/mol. The van der Waals surface area contributed by atoms with Crippen molar-refractivity contribution in [3.05, 3.63) is 69.5 Å². The van der Waals surface area contributed by atoms with E-state index in [1.807, 2.05) is 32.2 Å². The van der Waals surface area contributed by atoms with Gasteiger partial charge in [-0.1, -0.05) is 47.5 Å². The lowest BCUT2D eigenvalue weighted by Crippen LogP contribution is -2.54. The highest BCUT2D eigenvalue weighted by molar-refractivity contribution is 6.42. The minimum atomic E-state index is -0.322. The van der Waals surface area contributed by atoms with Crippen LogP contribution in [-0.2, 0) is 6.54 Å². The Kier molecular flexibility index (Phi) is 7.38. The smallest absolute Gasteiger partial charge is 0.319 e. The lowest BCUT2D eigenvalue weighted by atomic mass is 10.1. The van der Waals surface area contributed by atoms with E-state index in [0.29, 0.717) is 16.6 Å². The van der Waals surface area contributed by atoms with E-state index in [9.17, 15) is 9.18 Å². The number of carbonyl (C=O) groups excluding carboxylic acids is 1. The van der Waals surface area contributed by atoms with E-state index < -0.39 is 0 Å². The summed E-state index contributed by atoms with van der Waals surface area (Å²) in [5.74, 6) is -0.307. The Morgan fingerprint density at radius 3 is 2.76 bits per heavy atom. The molecule has 1 heterocycles. The van der Waals surface area contributed by atoms with Crippen molar-refractivity contribution in [3.8, 4) is 0 Å². The zero-order valence-electron chi connectivity index (χ0n) is 16.7. The Morgan fingerprint density at radius 1 is 1.28 bits per heavy atom. The summed E-state index contributed by atoms with van der Waals surface area (Å²) in [5.41, 5.74) is 1.52. The molecule has 2 amide bonds. The molecule has 1 fully saturated rings. The lowest BCUT2D eigenvalue weighted by Gasteiger charge is -2.41. The van der Waals surface area contributed by atoms with Gasteiger partial charge in [-0.2, -0.15) is 0 Å². The quantitative estimate of drug-likeness (QED) is 0.636. The van der Waals surface area contributed by atoms with Crippen molar-refractivity contribution in [2.75, 3.05) is 13.6 Å². The molecule has 1 saturated heterocycles. The molecule has 1 N–H and O–H groups in total. The normalized spacial score (nSPS) is 18.3. The van der Waals surface area contributed by atoms with Crippen LogP contribution >= 0.6 is 23.2 Å². The topological polar surface area (TPSA) is 35.6 Å². The molecule has 4 nitrogen and oxygen atoms in total. The first kappa shape index (κ1) is 21.9. The molecule has 2 unspecified atom stereocenters. The fraction of sp³-hybridized carbons (Fsp3) is 0.409. The fourth-order valence-corrected chi connectivity index (χ4v) is 4.27. The maximum Gasteiger partial charge on any atom is 0.319 e. The van der Waals surface area contributed by atoms with Gasteiger partial charge in [-0.05, 0) is 69.1 Å². The number of urea groups is 1. The highest BCUT2D eigenvalue weighted by Gasteiger charge is 2.30. The minimum absolute atomic E-state index is 0.0472. The molecule has 2 aromatic carbocycles. The van der Waals surface area contributed by atoms with Crippen LogP contribution in [0.3, 0.4) is 0 Å². The molecule has 1 aliphatic heterocycles. The molecule has 0 aromatic heterocycles. The summed E-state index contributed by atoms with van der Waals surface area (Å²) in [6, 6.07) is 11.2.